The average Bonchev–Trinajstić information content (AvgIpc) is 2.82. The van der Waals surface area contributed by atoms with Gasteiger partial charge in [-0.1, -0.05) is 11.6 Å². The first-order valence-corrected chi connectivity index (χ1v) is 6.73. The zero-order chi connectivity index (χ0) is 14.0. The van der Waals surface area contributed by atoms with E-state index in [4.69, 9.17) is 21.1 Å². The molecule has 0 amide bonds. The molecular formula is C10H7ClN2O5S. The number of hydrogen-bond donors (Lipinski definition) is 2. The molecule has 0 atom stereocenters. The molecule has 0 aliphatic heterocycles. The molecule has 2 heterocycles. The molecule has 2 rings (SSSR count). The number of pyridine rings is 1. The molecule has 0 unspecified atom stereocenters. The van der Waals surface area contributed by atoms with Crippen LogP contribution >= 0.6 is 11.6 Å². The molecule has 0 fully saturated rings. The molecule has 0 aliphatic carbocycles. The van der Waals surface area contributed by atoms with E-state index < -0.39 is 26.8 Å². The Morgan fingerprint density at radius 3 is 2.68 bits per heavy atom. The van der Waals surface area contributed by atoms with Crippen LogP contribution in [0.1, 0.15) is 10.6 Å². The van der Waals surface area contributed by atoms with Crippen molar-refractivity contribution in [1.29, 1.82) is 0 Å². The first kappa shape index (κ1) is 13.4. The molecule has 0 aromatic carbocycles. The molecule has 2 aromatic heterocycles. The molecule has 7 nitrogen and oxygen atoms in total. The number of nitrogens with one attached hydrogen (secondary N) is 1. The zero-order valence-corrected chi connectivity index (χ0v) is 10.8. The van der Waals surface area contributed by atoms with E-state index in [0.29, 0.717) is 0 Å². The third-order valence-electron chi connectivity index (χ3n) is 2.06. The maximum absolute atomic E-state index is 11.9. The number of sulfonamides is 1. The number of rotatable bonds is 4. The van der Waals surface area contributed by atoms with Gasteiger partial charge in [0.25, 0.3) is 10.0 Å². The third-order valence-corrected chi connectivity index (χ3v) is 3.60. The van der Waals surface area contributed by atoms with E-state index in [1.54, 1.807) is 0 Å². The fraction of sp³-hybridized carbons (Fsp3) is 0. The number of nitrogens with zero attached hydrogens (tertiary/aromatic N) is 1. The molecule has 0 aliphatic rings. The van der Waals surface area contributed by atoms with Crippen LogP contribution in [0.15, 0.2) is 40.0 Å². The first-order chi connectivity index (χ1) is 8.90. The van der Waals surface area contributed by atoms with Gasteiger partial charge in [-0.05, 0) is 24.3 Å². The number of aromatic nitrogens is 1. The highest BCUT2D eigenvalue weighted by Gasteiger charge is 2.22. The Morgan fingerprint density at radius 1 is 1.37 bits per heavy atom. The van der Waals surface area contributed by atoms with Gasteiger partial charge in [-0.2, -0.15) is 8.42 Å². The topological polar surface area (TPSA) is 110 Å². The molecule has 0 spiro atoms. The minimum Gasteiger partial charge on any atom is -0.475 e. The summed E-state index contributed by atoms with van der Waals surface area (Å²) >= 11 is 5.71. The number of anilines is 1. The summed E-state index contributed by atoms with van der Waals surface area (Å²) in [4.78, 5) is 14.3. The van der Waals surface area contributed by atoms with Crippen molar-refractivity contribution >= 4 is 33.3 Å². The summed E-state index contributed by atoms with van der Waals surface area (Å²) in [6.45, 7) is 0. The van der Waals surface area contributed by atoms with Crippen LogP contribution in [0.25, 0.3) is 0 Å². The fourth-order valence-electron chi connectivity index (χ4n) is 1.24. The zero-order valence-electron chi connectivity index (χ0n) is 9.20. The number of halogens is 1. The number of carbonyl (C=O) groups is 1. The molecule has 9 heteroatoms. The van der Waals surface area contributed by atoms with Crippen molar-refractivity contribution in [3.8, 4) is 0 Å². The van der Waals surface area contributed by atoms with Crippen LogP contribution in [0.3, 0.4) is 0 Å². The predicted molar refractivity (Wildman–Crippen MR) is 65.7 cm³/mol. The molecule has 2 N–H and O–H groups in total. The van der Waals surface area contributed by atoms with Crippen LogP contribution in [0.4, 0.5) is 5.69 Å². The summed E-state index contributed by atoms with van der Waals surface area (Å²) in [5.74, 6) is -1.83. The highest BCUT2D eigenvalue weighted by atomic mass is 35.5. The van der Waals surface area contributed by atoms with Crippen molar-refractivity contribution in [2.45, 2.75) is 5.09 Å². The van der Waals surface area contributed by atoms with Gasteiger partial charge in [-0.15, -0.1) is 0 Å². The van der Waals surface area contributed by atoms with E-state index in [2.05, 4.69) is 9.71 Å². The van der Waals surface area contributed by atoms with Crippen molar-refractivity contribution in [1.82, 2.24) is 4.98 Å². The van der Waals surface area contributed by atoms with Gasteiger partial charge >= 0.3 is 5.97 Å². The summed E-state index contributed by atoms with van der Waals surface area (Å²) in [5.41, 5.74) is 0.0671. The van der Waals surface area contributed by atoms with Crippen molar-refractivity contribution in [3.05, 3.63) is 41.4 Å². The number of furan rings is 1. The van der Waals surface area contributed by atoms with Gasteiger partial charge in [-0.3, -0.25) is 4.72 Å². The maximum atomic E-state index is 11.9. The lowest BCUT2D eigenvalue weighted by atomic mass is 10.4. The minimum atomic E-state index is -4.05. The van der Waals surface area contributed by atoms with Gasteiger partial charge in [-0.25, -0.2) is 9.78 Å². The van der Waals surface area contributed by atoms with Crippen LogP contribution in [-0.2, 0) is 10.0 Å². The van der Waals surface area contributed by atoms with Gasteiger partial charge in [0, 0.05) is 6.20 Å². The Kier molecular flexibility index (Phi) is 3.45. The van der Waals surface area contributed by atoms with E-state index in [1.807, 2.05) is 0 Å². The van der Waals surface area contributed by atoms with Crippen LogP contribution in [0.2, 0.25) is 5.15 Å². The first-order valence-electron chi connectivity index (χ1n) is 4.86. The maximum Gasteiger partial charge on any atom is 0.371 e. The average molecular weight is 303 g/mol. The van der Waals surface area contributed by atoms with E-state index in [1.165, 1.54) is 18.3 Å². The summed E-state index contributed by atoms with van der Waals surface area (Å²) in [6.07, 6.45) is 1.40. The second-order valence-electron chi connectivity index (χ2n) is 3.37. The van der Waals surface area contributed by atoms with Gasteiger partial charge in [0.05, 0.1) is 5.69 Å². The van der Waals surface area contributed by atoms with Crippen molar-refractivity contribution in [2.75, 3.05) is 4.72 Å². The van der Waals surface area contributed by atoms with Crippen LogP contribution < -0.4 is 4.72 Å². The molecule has 19 heavy (non-hydrogen) atoms. The predicted octanol–water partition coefficient (Wildman–Crippen LogP) is 1.83. The van der Waals surface area contributed by atoms with Gasteiger partial charge < -0.3 is 9.52 Å². The van der Waals surface area contributed by atoms with Crippen molar-refractivity contribution < 1.29 is 22.7 Å². The Hall–Kier alpha value is -2.06. The Morgan fingerprint density at radius 2 is 2.11 bits per heavy atom. The molecule has 0 saturated carbocycles. The van der Waals surface area contributed by atoms with E-state index >= 15 is 0 Å². The van der Waals surface area contributed by atoms with Gasteiger partial charge in [0.1, 0.15) is 0 Å². The third kappa shape index (κ3) is 2.85. The highest BCUT2D eigenvalue weighted by molar-refractivity contribution is 7.92. The summed E-state index contributed by atoms with van der Waals surface area (Å²) in [7, 11) is -4.05. The van der Waals surface area contributed by atoms with E-state index in [-0.39, 0.29) is 10.8 Å². The van der Waals surface area contributed by atoms with Gasteiger partial charge in [0.15, 0.2) is 5.15 Å². The number of aromatic carboxylic acids is 1. The Balaban J connectivity index is 2.32. The Labute approximate surface area is 112 Å². The SMILES string of the molecule is O=C(O)c1ccc(S(=O)(=O)Nc2cccnc2Cl)o1. The van der Waals surface area contributed by atoms with Crippen molar-refractivity contribution in [3.63, 3.8) is 0 Å². The molecule has 0 saturated heterocycles. The van der Waals surface area contributed by atoms with E-state index in [9.17, 15) is 13.2 Å². The Bertz CT molecular complexity index is 725. The molecular weight excluding hydrogens is 296 g/mol. The number of carboxylic acids is 1. The monoisotopic (exact) mass is 302 g/mol. The molecule has 0 bridgehead atoms. The summed E-state index contributed by atoms with van der Waals surface area (Å²) < 4.78 is 30.7. The van der Waals surface area contributed by atoms with Crippen molar-refractivity contribution in [2.24, 2.45) is 0 Å². The molecule has 100 valence electrons. The quantitative estimate of drug-likeness (QED) is 0.834. The normalized spacial score (nSPS) is 11.2. The number of hydrogen-bond acceptors (Lipinski definition) is 5. The summed E-state index contributed by atoms with van der Waals surface area (Å²) in [5, 5.41) is 8.10. The van der Waals surface area contributed by atoms with Crippen LogP contribution in [0, 0.1) is 0 Å². The second-order valence-corrected chi connectivity index (χ2v) is 5.34. The van der Waals surface area contributed by atoms with E-state index in [0.717, 1.165) is 12.1 Å². The summed E-state index contributed by atoms with van der Waals surface area (Å²) in [6, 6.07) is 4.99. The largest absolute Gasteiger partial charge is 0.475 e. The van der Waals surface area contributed by atoms with Crippen LogP contribution in [-0.4, -0.2) is 24.5 Å². The van der Waals surface area contributed by atoms with Gasteiger partial charge in [0.2, 0.25) is 10.9 Å². The van der Waals surface area contributed by atoms with Crippen LogP contribution in [0.5, 0.6) is 0 Å². The fourth-order valence-corrected chi connectivity index (χ4v) is 2.46. The lowest BCUT2D eigenvalue weighted by molar-refractivity contribution is 0.0656. The molecule has 2 aromatic rings. The number of carboxylic acid groups (broad SMARTS) is 1. The highest BCUT2D eigenvalue weighted by Crippen LogP contribution is 2.22. The molecule has 0 radical (unpaired) electrons. The standard InChI is InChI=1S/C10H7ClN2O5S/c11-9-6(2-1-5-12-9)13-19(16,17)8-4-3-7(18-8)10(14)15/h1-5,13H,(H,14,15). The second kappa shape index (κ2) is 4.90. The lowest BCUT2D eigenvalue weighted by Crippen LogP contribution is -2.12. The lowest BCUT2D eigenvalue weighted by Gasteiger charge is -2.06. The smallest absolute Gasteiger partial charge is 0.371 e. The minimum absolute atomic E-state index is 0.0314.